The molecule has 0 bridgehead atoms. The van der Waals surface area contributed by atoms with Crippen molar-refractivity contribution in [1.29, 1.82) is 0 Å². The van der Waals surface area contributed by atoms with Gasteiger partial charge in [0.15, 0.2) is 5.96 Å². The molecule has 18 nitrogen and oxygen atoms in total. The minimum Gasteiger partial charge on any atom is -0.370 e. The van der Waals surface area contributed by atoms with Crippen molar-refractivity contribution in [2.24, 2.45) is 39.4 Å². The second-order valence-corrected chi connectivity index (χ2v) is 11.5. The lowest BCUT2D eigenvalue weighted by atomic mass is 10.0. The van der Waals surface area contributed by atoms with Gasteiger partial charge in [-0.25, -0.2) is 0 Å². The molecule has 1 aromatic rings. The number of benzene rings is 1. The zero-order valence-electron chi connectivity index (χ0n) is 26.8. The summed E-state index contributed by atoms with van der Waals surface area (Å²) in [5.41, 5.74) is 33.5. The SMILES string of the molecule is NC(=O)CC[C@H](NC(=O)[C@@H]1CCCN1C(=O)[C@@H](N)CCC(N)=O)C(=O)N[C@@H](CCCN=C(N)N)C(=O)N[C@@H](Cc1ccccc1)C(N)=O. The summed E-state index contributed by atoms with van der Waals surface area (Å²) >= 11 is 0. The van der Waals surface area contributed by atoms with Crippen LogP contribution in [0.15, 0.2) is 35.3 Å². The van der Waals surface area contributed by atoms with Crippen molar-refractivity contribution in [2.45, 2.75) is 88.0 Å². The number of primary amides is 3. The average molecular weight is 674 g/mol. The highest BCUT2D eigenvalue weighted by Gasteiger charge is 2.38. The third-order valence-electron chi connectivity index (χ3n) is 7.69. The lowest BCUT2D eigenvalue weighted by Gasteiger charge is -2.29. The second kappa shape index (κ2) is 19.4. The first kappa shape index (κ1) is 38.9. The van der Waals surface area contributed by atoms with E-state index in [-0.39, 0.29) is 70.4 Å². The Labute approximate surface area is 278 Å². The highest BCUT2D eigenvalue weighted by Crippen LogP contribution is 2.20. The van der Waals surface area contributed by atoms with Crippen molar-refractivity contribution in [3.8, 4) is 0 Å². The van der Waals surface area contributed by atoms with Crippen molar-refractivity contribution < 1.29 is 33.6 Å². The standard InChI is InChI=1S/C30H47N11O7/c31-18(10-12-23(32)42)29(48)41-15-5-9-22(41)28(47)39-20(11-13-24(33)43)27(46)38-19(8-4-14-37-30(35)36)26(45)40-21(25(34)44)16-17-6-2-1-3-7-17/h1-3,6-7,18-22H,4-5,8-16,31H2,(H2,32,42)(H2,33,43)(H2,34,44)(H,38,46)(H,39,47)(H,40,45)(H4,35,36,37)/t18-,19-,20-,21-,22-/m0/s1. The molecule has 48 heavy (non-hydrogen) atoms. The Hall–Kier alpha value is -5.26. The molecule has 5 atom stereocenters. The lowest BCUT2D eigenvalue weighted by molar-refractivity contribution is -0.140. The topological polar surface area (TPSA) is 327 Å². The van der Waals surface area contributed by atoms with Crippen LogP contribution >= 0.6 is 0 Å². The van der Waals surface area contributed by atoms with Gasteiger partial charge in [0.05, 0.1) is 6.04 Å². The first-order chi connectivity index (χ1) is 22.7. The fourth-order valence-corrected chi connectivity index (χ4v) is 5.15. The summed E-state index contributed by atoms with van der Waals surface area (Å²) in [4.78, 5) is 93.6. The molecule has 1 aliphatic heterocycles. The molecule has 7 amide bonds. The molecule has 0 spiro atoms. The first-order valence-corrected chi connectivity index (χ1v) is 15.6. The van der Waals surface area contributed by atoms with Crippen molar-refractivity contribution in [3.63, 3.8) is 0 Å². The number of hydrogen-bond acceptors (Lipinski definition) is 9. The molecule has 1 heterocycles. The monoisotopic (exact) mass is 673 g/mol. The molecule has 0 radical (unpaired) electrons. The van der Waals surface area contributed by atoms with E-state index in [9.17, 15) is 33.6 Å². The molecule has 1 aromatic carbocycles. The van der Waals surface area contributed by atoms with Crippen LogP contribution in [0, 0.1) is 0 Å². The summed E-state index contributed by atoms with van der Waals surface area (Å²) in [7, 11) is 0. The molecule has 1 fully saturated rings. The van der Waals surface area contributed by atoms with E-state index in [0.29, 0.717) is 6.42 Å². The van der Waals surface area contributed by atoms with Gasteiger partial charge in [0.25, 0.3) is 0 Å². The van der Waals surface area contributed by atoms with E-state index in [0.717, 1.165) is 5.56 Å². The van der Waals surface area contributed by atoms with Crippen LogP contribution in [-0.4, -0.2) is 95.5 Å². The van der Waals surface area contributed by atoms with E-state index in [1.165, 1.54) is 4.90 Å². The number of likely N-dealkylation sites (tertiary alicyclic amines) is 1. The maximum Gasteiger partial charge on any atom is 0.243 e. The van der Waals surface area contributed by atoms with Crippen LogP contribution in [0.1, 0.15) is 56.9 Å². The normalized spacial score (nSPS) is 16.4. The van der Waals surface area contributed by atoms with Crippen LogP contribution in [0.25, 0.3) is 0 Å². The van der Waals surface area contributed by atoms with E-state index < -0.39 is 71.6 Å². The molecule has 1 saturated heterocycles. The number of nitrogens with zero attached hydrogens (tertiary/aromatic N) is 2. The Morgan fingerprint density at radius 1 is 0.792 bits per heavy atom. The third-order valence-corrected chi connectivity index (χ3v) is 7.69. The molecule has 0 saturated carbocycles. The number of nitrogens with two attached hydrogens (primary N) is 6. The van der Waals surface area contributed by atoms with Gasteiger partial charge >= 0.3 is 0 Å². The highest BCUT2D eigenvalue weighted by atomic mass is 16.2. The fourth-order valence-electron chi connectivity index (χ4n) is 5.15. The molecule has 0 unspecified atom stereocenters. The molecule has 15 N–H and O–H groups in total. The maximum atomic E-state index is 13.6. The van der Waals surface area contributed by atoms with Crippen LogP contribution in [0.4, 0.5) is 0 Å². The Kier molecular flexibility index (Phi) is 15.7. The van der Waals surface area contributed by atoms with Gasteiger partial charge in [0.1, 0.15) is 24.2 Å². The van der Waals surface area contributed by atoms with E-state index in [1.54, 1.807) is 30.3 Å². The van der Waals surface area contributed by atoms with Crippen LogP contribution < -0.4 is 50.4 Å². The van der Waals surface area contributed by atoms with Crippen LogP contribution in [0.5, 0.6) is 0 Å². The van der Waals surface area contributed by atoms with Gasteiger partial charge < -0.3 is 55.3 Å². The Morgan fingerprint density at radius 3 is 1.96 bits per heavy atom. The molecular weight excluding hydrogens is 626 g/mol. The summed E-state index contributed by atoms with van der Waals surface area (Å²) in [6.45, 7) is 0.349. The zero-order valence-corrected chi connectivity index (χ0v) is 26.8. The van der Waals surface area contributed by atoms with Gasteiger partial charge in [-0.15, -0.1) is 0 Å². The van der Waals surface area contributed by atoms with E-state index >= 15 is 0 Å². The summed E-state index contributed by atoms with van der Waals surface area (Å²) in [6, 6.07) is 3.12. The van der Waals surface area contributed by atoms with Gasteiger partial charge in [0.2, 0.25) is 41.4 Å². The lowest BCUT2D eigenvalue weighted by Crippen LogP contribution is -2.58. The summed E-state index contributed by atoms with van der Waals surface area (Å²) in [5.74, 6) is -5.11. The minimum atomic E-state index is -1.34. The quantitative estimate of drug-likeness (QED) is 0.0368. The van der Waals surface area contributed by atoms with Crippen molar-refractivity contribution >= 4 is 47.3 Å². The minimum absolute atomic E-state index is 0.00273. The Bertz CT molecular complexity index is 1340. The fraction of sp³-hybridized carbons (Fsp3) is 0.533. The number of aliphatic imine (C=N–C) groups is 1. The number of guanidine groups is 1. The van der Waals surface area contributed by atoms with Gasteiger partial charge in [0, 0.05) is 32.4 Å². The molecular formula is C30H47N11O7. The van der Waals surface area contributed by atoms with Crippen molar-refractivity contribution in [1.82, 2.24) is 20.9 Å². The number of carbonyl (C=O) groups is 7. The molecule has 18 heteroatoms. The van der Waals surface area contributed by atoms with Crippen molar-refractivity contribution in [2.75, 3.05) is 13.1 Å². The molecule has 0 aliphatic carbocycles. The molecule has 0 aromatic heterocycles. The zero-order chi connectivity index (χ0) is 35.8. The second-order valence-electron chi connectivity index (χ2n) is 11.5. The Morgan fingerprint density at radius 2 is 1.38 bits per heavy atom. The van der Waals surface area contributed by atoms with Gasteiger partial charge in [-0.05, 0) is 44.1 Å². The van der Waals surface area contributed by atoms with E-state index in [1.807, 2.05) is 0 Å². The number of carbonyl (C=O) groups excluding carboxylic acids is 7. The molecule has 1 aliphatic rings. The number of amides is 7. The van der Waals surface area contributed by atoms with Gasteiger partial charge in [-0.1, -0.05) is 30.3 Å². The summed E-state index contributed by atoms with van der Waals surface area (Å²) < 4.78 is 0. The van der Waals surface area contributed by atoms with Crippen LogP contribution in [0.3, 0.4) is 0 Å². The van der Waals surface area contributed by atoms with E-state index in [2.05, 4.69) is 20.9 Å². The number of hydrogen-bond donors (Lipinski definition) is 9. The van der Waals surface area contributed by atoms with Crippen molar-refractivity contribution in [3.05, 3.63) is 35.9 Å². The summed E-state index contributed by atoms with van der Waals surface area (Å²) in [6.07, 6.45) is 0.494. The predicted molar refractivity (Wildman–Crippen MR) is 175 cm³/mol. The molecule has 264 valence electrons. The van der Waals surface area contributed by atoms with E-state index in [4.69, 9.17) is 34.4 Å². The number of nitrogens with one attached hydrogen (secondary N) is 3. The first-order valence-electron chi connectivity index (χ1n) is 15.6. The average Bonchev–Trinajstić information content (AvgIpc) is 3.52. The van der Waals surface area contributed by atoms with Crippen LogP contribution in [-0.2, 0) is 40.0 Å². The van der Waals surface area contributed by atoms with Gasteiger partial charge in [-0.2, -0.15) is 0 Å². The highest BCUT2D eigenvalue weighted by molar-refractivity contribution is 5.96. The largest absolute Gasteiger partial charge is 0.370 e. The predicted octanol–water partition coefficient (Wildman–Crippen LogP) is -3.93. The van der Waals surface area contributed by atoms with Crippen LogP contribution in [0.2, 0.25) is 0 Å². The third kappa shape index (κ3) is 13.2. The van der Waals surface area contributed by atoms with Gasteiger partial charge in [-0.3, -0.25) is 38.6 Å². The Balaban J connectivity index is 2.23. The number of rotatable bonds is 20. The summed E-state index contributed by atoms with van der Waals surface area (Å²) in [5, 5.41) is 7.75. The maximum absolute atomic E-state index is 13.6. The molecule has 2 rings (SSSR count). The smallest absolute Gasteiger partial charge is 0.243 e.